The zero-order valence-corrected chi connectivity index (χ0v) is 10.7. The maximum atomic E-state index is 11.6. The Kier molecular flexibility index (Phi) is 3.48. The summed E-state index contributed by atoms with van der Waals surface area (Å²) in [7, 11) is -2.95. The fraction of sp³-hybridized carbons (Fsp3) is 0.800. The van der Waals surface area contributed by atoms with E-state index < -0.39 is 9.84 Å². The van der Waals surface area contributed by atoms with E-state index in [1.54, 1.807) is 4.68 Å². The second kappa shape index (κ2) is 4.73. The summed E-state index contributed by atoms with van der Waals surface area (Å²) in [5.74, 6) is 0. The van der Waals surface area contributed by atoms with Crippen LogP contribution in [0.2, 0.25) is 0 Å². The monoisotopic (exact) mass is 258 g/mol. The van der Waals surface area contributed by atoms with Gasteiger partial charge in [0.2, 0.25) is 0 Å². The van der Waals surface area contributed by atoms with Crippen molar-refractivity contribution in [3.05, 3.63) is 11.9 Å². The van der Waals surface area contributed by atoms with E-state index in [-0.39, 0.29) is 11.3 Å². The first-order valence-corrected chi connectivity index (χ1v) is 7.76. The second-order valence-electron chi connectivity index (χ2n) is 4.67. The van der Waals surface area contributed by atoms with Gasteiger partial charge >= 0.3 is 0 Å². The SMILES string of the molecule is CS(=O)(=O)C1CCCC(n2cc(CN)nn2)C1. The predicted molar refractivity (Wildman–Crippen MR) is 64.1 cm³/mol. The topological polar surface area (TPSA) is 90.9 Å². The summed E-state index contributed by atoms with van der Waals surface area (Å²) in [6, 6.07) is 0.135. The zero-order chi connectivity index (χ0) is 12.5. The van der Waals surface area contributed by atoms with Gasteiger partial charge in [-0.25, -0.2) is 13.1 Å². The van der Waals surface area contributed by atoms with Crippen molar-refractivity contribution < 1.29 is 8.42 Å². The number of hydrogen-bond acceptors (Lipinski definition) is 5. The van der Waals surface area contributed by atoms with Gasteiger partial charge in [0.1, 0.15) is 9.84 Å². The van der Waals surface area contributed by atoms with Crippen LogP contribution in [0.25, 0.3) is 0 Å². The normalized spacial score (nSPS) is 26.0. The van der Waals surface area contributed by atoms with Crippen LogP contribution < -0.4 is 5.73 Å². The van der Waals surface area contributed by atoms with Gasteiger partial charge in [0.25, 0.3) is 0 Å². The lowest BCUT2D eigenvalue weighted by molar-refractivity contribution is 0.324. The highest BCUT2D eigenvalue weighted by atomic mass is 32.2. The molecule has 1 saturated carbocycles. The standard InChI is InChI=1S/C10H18N4O2S/c1-17(15,16)10-4-2-3-9(5-10)14-7-8(6-11)12-13-14/h7,9-10H,2-6,11H2,1H3. The van der Waals surface area contributed by atoms with Gasteiger partial charge < -0.3 is 5.73 Å². The van der Waals surface area contributed by atoms with Crippen LogP contribution in [0.4, 0.5) is 0 Å². The lowest BCUT2D eigenvalue weighted by Gasteiger charge is -2.27. The van der Waals surface area contributed by atoms with Crippen LogP contribution in [0.15, 0.2) is 6.20 Å². The van der Waals surface area contributed by atoms with Crippen LogP contribution in [0.1, 0.15) is 37.4 Å². The number of nitrogens with two attached hydrogens (primary N) is 1. The van der Waals surface area contributed by atoms with Crippen LogP contribution in [0.3, 0.4) is 0 Å². The van der Waals surface area contributed by atoms with Crippen molar-refractivity contribution in [1.29, 1.82) is 0 Å². The van der Waals surface area contributed by atoms with Crippen molar-refractivity contribution in [1.82, 2.24) is 15.0 Å². The van der Waals surface area contributed by atoms with Crippen molar-refractivity contribution in [2.45, 2.75) is 43.5 Å². The molecule has 2 unspecified atom stereocenters. The summed E-state index contributed by atoms with van der Waals surface area (Å²) in [6.07, 6.45) is 6.39. The van der Waals surface area contributed by atoms with E-state index in [9.17, 15) is 8.42 Å². The van der Waals surface area contributed by atoms with E-state index >= 15 is 0 Å². The average Bonchev–Trinajstić information content (AvgIpc) is 2.76. The second-order valence-corrected chi connectivity index (χ2v) is 6.99. The number of sulfone groups is 1. The molecule has 1 aromatic rings. The van der Waals surface area contributed by atoms with Gasteiger partial charge in [0.05, 0.1) is 23.2 Å². The van der Waals surface area contributed by atoms with Gasteiger partial charge in [-0.2, -0.15) is 0 Å². The number of rotatable bonds is 3. The smallest absolute Gasteiger partial charge is 0.150 e. The van der Waals surface area contributed by atoms with Gasteiger partial charge in [-0.15, -0.1) is 5.10 Å². The fourth-order valence-electron chi connectivity index (χ4n) is 2.33. The summed E-state index contributed by atoms with van der Waals surface area (Å²) in [5.41, 5.74) is 6.22. The quantitative estimate of drug-likeness (QED) is 0.840. The van der Waals surface area contributed by atoms with Crippen LogP contribution in [-0.4, -0.2) is 34.9 Å². The summed E-state index contributed by atoms with van der Waals surface area (Å²) >= 11 is 0. The Morgan fingerprint density at radius 3 is 2.88 bits per heavy atom. The first-order valence-electron chi connectivity index (χ1n) is 5.80. The zero-order valence-electron chi connectivity index (χ0n) is 9.91. The molecule has 0 amide bonds. The maximum Gasteiger partial charge on any atom is 0.150 e. The van der Waals surface area contributed by atoms with Gasteiger partial charge in [0.15, 0.2) is 0 Å². The minimum Gasteiger partial charge on any atom is -0.325 e. The van der Waals surface area contributed by atoms with E-state index in [0.29, 0.717) is 13.0 Å². The molecule has 96 valence electrons. The molecule has 1 aliphatic carbocycles. The minimum absolute atomic E-state index is 0.135. The molecule has 1 fully saturated rings. The largest absolute Gasteiger partial charge is 0.325 e. The van der Waals surface area contributed by atoms with Crippen LogP contribution in [-0.2, 0) is 16.4 Å². The molecule has 7 heteroatoms. The Hall–Kier alpha value is -0.950. The lowest BCUT2D eigenvalue weighted by Crippen LogP contribution is -2.29. The Morgan fingerprint density at radius 1 is 1.53 bits per heavy atom. The molecule has 0 saturated heterocycles. The molecular weight excluding hydrogens is 240 g/mol. The van der Waals surface area contributed by atoms with E-state index in [0.717, 1.165) is 25.0 Å². The molecule has 1 heterocycles. The van der Waals surface area contributed by atoms with Gasteiger partial charge in [-0.05, 0) is 19.3 Å². The third kappa shape index (κ3) is 2.84. The van der Waals surface area contributed by atoms with Crippen LogP contribution >= 0.6 is 0 Å². The fourth-order valence-corrected chi connectivity index (χ4v) is 3.50. The van der Waals surface area contributed by atoms with Crippen LogP contribution in [0, 0.1) is 0 Å². The lowest BCUT2D eigenvalue weighted by atomic mass is 9.95. The molecular formula is C10H18N4O2S. The molecule has 2 N–H and O–H groups in total. The highest BCUT2D eigenvalue weighted by molar-refractivity contribution is 7.91. The molecule has 0 bridgehead atoms. The van der Waals surface area contributed by atoms with E-state index in [1.807, 2.05) is 6.20 Å². The summed E-state index contributed by atoms with van der Waals surface area (Å²) in [6.45, 7) is 0.363. The Bertz CT molecular complexity index is 482. The van der Waals surface area contributed by atoms with Crippen molar-refractivity contribution >= 4 is 9.84 Å². The maximum absolute atomic E-state index is 11.6. The molecule has 0 aliphatic heterocycles. The molecule has 6 nitrogen and oxygen atoms in total. The molecule has 2 atom stereocenters. The molecule has 2 rings (SSSR count). The summed E-state index contributed by atoms with van der Waals surface area (Å²) in [5, 5.41) is 7.71. The third-order valence-electron chi connectivity index (χ3n) is 3.34. The highest BCUT2D eigenvalue weighted by Crippen LogP contribution is 2.31. The third-order valence-corrected chi connectivity index (χ3v) is 4.98. The molecule has 0 spiro atoms. The van der Waals surface area contributed by atoms with E-state index in [4.69, 9.17) is 5.73 Å². The minimum atomic E-state index is -2.95. The molecule has 17 heavy (non-hydrogen) atoms. The number of hydrogen-bond donors (Lipinski definition) is 1. The molecule has 1 aromatic heterocycles. The first-order chi connectivity index (χ1) is 8.00. The van der Waals surface area contributed by atoms with E-state index in [2.05, 4.69) is 10.3 Å². The Balaban J connectivity index is 2.12. The summed E-state index contributed by atoms with van der Waals surface area (Å²) in [4.78, 5) is 0. The predicted octanol–water partition coefficient (Wildman–Crippen LogP) is 0.265. The number of aromatic nitrogens is 3. The average molecular weight is 258 g/mol. The summed E-state index contributed by atoms with van der Waals surface area (Å²) < 4.78 is 24.9. The molecule has 1 aliphatic rings. The van der Waals surface area contributed by atoms with Crippen molar-refractivity contribution in [3.63, 3.8) is 0 Å². The van der Waals surface area contributed by atoms with Crippen LogP contribution in [0.5, 0.6) is 0 Å². The van der Waals surface area contributed by atoms with Gasteiger partial charge in [-0.1, -0.05) is 11.6 Å². The van der Waals surface area contributed by atoms with Crippen molar-refractivity contribution in [2.24, 2.45) is 5.73 Å². The Labute approximate surface area is 101 Å². The van der Waals surface area contributed by atoms with Gasteiger partial charge in [-0.3, -0.25) is 0 Å². The number of nitrogens with zero attached hydrogens (tertiary/aromatic N) is 3. The molecule has 0 radical (unpaired) electrons. The van der Waals surface area contributed by atoms with Crippen molar-refractivity contribution in [2.75, 3.05) is 6.26 Å². The first kappa shape index (κ1) is 12.5. The Morgan fingerprint density at radius 2 is 2.29 bits per heavy atom. The molecule has 0 aromatic carbocycles. The highest BCUT2D eigenvalue weighted by Gasteiger charge is 2.30. The van der Waals surface area contributed by atoms with E-state index in [1.165, 1.54) is 6.26 Å². The van der Waals surface area contributed by atoms with Gasteiger partial charge in [0, 0.05) is 12.8 Å². The van der Waals surface area contributed by atoms with Crippen molar-refractivity contribution in [3.8, 4) is 0 Å².